The lowest BCUT2D eigenvalue weighted by Crippen LogP contribution is -2.14. The maximum absolute atomic E-state index is 9.81. The fraction of sp³-hybridized carbons (Fsp3) is 0.208. The Morgan fingerprint density at radius 1 is 0.893 bits per heavy atom. The van der Waals surface area contributed by atoms with Gasteiger partial charge in [-0.25, -0.2) is 0 Å². The van der Waals surface area contributed by atoms with Gasteiger partial charge in [-0.15, -0.1) is 0 Å². The van der Waals surface area contributed by atoms with E-state index in [1.54, 1.807) is 12.1 Å². The Balaban J connectivity index is 1.68. The van der Waals surface area contributed by atoms with Crippen molar-refractivity contribution in [1.29, 1.82) is 0 Å². The number of aromatic hydroxyl groups is 2. The van der Waals surface area contributed by atoms with Gasteiger partial charge in [0.1, 0.15) is 11.5 Å². The normalized spacial score (nSPS) is 11.7. The Labute approximate surface area is 165 Å². The summed E-state index contributed by atoms with van der Waals surface area (Å²) in [7, 11) is 0. The van der Waals surface area contributed by atoms with E-state index < -0.39 is 0 Å². The molecule has 0 aromatic heterocycles. The molecule has 0 saturated carbocycles. The molecular formula is C24H25NO3. The number of benzene rings is 3. The molecule has 28 heavy (non-hydrogen) atoms. The number of hydrogen-bond donors (Lipinski definition) is 2. The lowest BCUT2D eigenvalue weighted by molar-refractivity contribution is 0.403. The van der Waals surface area contributed by atoms with Crippen LogP contribution in [0.2, 0.25) is 0 Å². The SMILES string of the molecule is CCC(C)(C)c1ccc(Oc2ccc(N=Cc3cccc(O)c3O)cc2)cc1. The smallest absolute Gasteiger partial charge is 0.166 e. The zero-order valence-corrected chi connectivity index (χ0v) is 16.4. The highest BCUT2D eigenvalue weighted by Crippen LogP contribution is 2.30. The summed E-state index contributed by atoms with van der Waals surface area (Å²) in [5.41, 5.74) is 2.62. The van der Waals surface area contributed by atoms with Crippen molar-refractivity contribution in [2.24, 2.45) is 4.99 Å². The second-order valence-electron chi connectivity index (χ2n) is 7.33. The summed E-state index contributed by atoms with van der Waals surface area (Å²) in [6.07, 6.45) is 2.59. The highest BCUT2D eigenvalue weighted by atomic mass is 16.5. The van der Waals surface area contributed by atoms with Gasteiger partial charge in [-0.1, -0.05) is 39.0 Å². The first-order chi connectivity index (χ1) is 13.4. The van der Waals surface area contributed by atoms with Gasteiger partial charge in [0.25, 0.3) is 0 Å². The Morgan fingerprint density at radius 2 is 1.50 bits per heavy atom. The van der Waals surface area contributed by atoms with Crippen LogP contribution in [0.3, 0.4) is 0 Å². The van der Waals surface area contributed by atoms with E-state index >= 15 is 0 Å². The van der Waals surface area contributed by atoms with Gasteiger partial charge in [0.05, 0.1) is 5.69 Å². The van der Waals surface area contributed by atoms with E-state index in [1.807, 2.05) is 36.4 Å². The monoisotopic (exact) mass is 375 g/mol. The second kappa shape index (κ2) is 8.17. The van der Waals surface area contributed by atoms with Crippen molar-refractivity contribution in [3.05, 3.63) is 77.9 Å². The predicted molar refractivity (Wildman–Crippen MR) is 113 cm³/mol. The van der Waals surface area contributed by atoms with E-state index in [4.69, 9.17) is 4.74 Å². The molecule has 3 aromatic rings. The molecule has 0 bridgehead atoms. The van der Waals surface area contributed by atoms with Gasteiger partial charge in [-0.05, 0) is 65.9 Å². The molecule has 0 spiro atoms. The van der Waals surface area contributed by atoms with Crippen LogP contribution in [0, 0.1) is 0 Å². The molecule has 2 N–H and O–H groups in total. The van der Waals surface area contributed by atoms with Crippen molar-refractivity contribution >= 4 is 11.9 Å². The van der Waals surface area contributed by atoms with Crippen molar-refractivity contribution < 1.29 is 14.9 Å². The number of aliphatic imine (C=N–C) groups is 1. The number of phenolic OH excluding ortho intramolecular Hbond substituents is 2. The number of hydrogen-bond acceptors (Lipinski definition) is 4. The largest absolute Gasteiger partial charge is 0.504 e. The molecule has 3 aromatic carbocycles. The Morgan fingerprint density at radius 3 is 2.11 bits per heavy atom. The zero-order valence-electron chi connectivity index (χ0n) is 16.4. The van der Waals surface area contributed by atoms with Gasteiger partial charge in [0.2, 0.25) is 0 Å². The van der Waals surface area contributed by atoms with Crippen molar-refractivity contribution in [2.75, 3.05) is 0 Å². The molecule has 0 aliphatic heterocycles. The van der Waals surface area contributed by atoms with Crippen LogP contribution in [0.4, 0.5) is 5.69 Å². The van der Waals surface area contributed by atoms with Crippen molar-refractivity contribution in [2.45, 2.75) is 32.6 Å². The lowest BCUT2D eigenvalue weighted by atomic mass is 9.82. The van der Waals surface area contributed by atoms with E-state index in [-0.39, 0.29) is 16.9 Å². The van der Waals surface area contributed by atoms with E-state index in [0.717, 1.165) is 23.6 Å². The molecule has 0 fully saturated rings. The van der Waals surface area contributed by atoms with Crippen LogP contribution in [-0.4, -0.2) is 16.4 Å². The Hall–Kier alpha value is -3.27. The summed E-state index contributed by atoms with van der Waals surface area (Å²) in [5, 5.41) is 19.3. The van der Waals surface area contributed by atoms with E-state index in [2.05, 4.69) is 37.9 Å². The molecule has 4 nitrogen and oxygen atoms in total. The maximum atomic E-state index is 9.81. The quantitative estimate of drug-likeness (QED) is 0.391. The predicted octanol–water partition coefficient (Wildman–Crippen LogP) is 6.33. The molecular weight excluding hydrogens is 350 g/mol. The number of phenols is 2. The van der Waals surface area contributed by atoms with Crippen LogP contribution in [0.1, 0.15) is 38.3 Å². The third-order valence-electron chi connectivity index (χ3n) is 4.99. The number of ether oxygens (including phenoxy) is 1. The summed E-state index contributed by atoms with van der Waals surface area (Å²) >= 11 is 0. The molecule has 0 amide bonds. The summed E-state index contributed by atoms with van der Waals surface area (Å²) in [6.45, 7) is 6.66. The standard InChI is InChI=1S/C24H25NO3/c1-4-24(2,3)18-8-12-20(13-9-18)28-21-14-10-19(11-15-21)25-16-17-6-5-7-22(26)23(17)27/h5-16,26-27H,4H2,1-3H3. The number of nitrogens with zero attached hydrogens (tertiary/aromatic N) is 1. The minimum absolute atomic E-state index is 0.155. The van der Waals surface area contributed by atoms with Crippen LogP contribution in [0.5, 0.6) is 23.0 Å². The number of para-hydroxylation sites is 1. The first kappa shape index (κ1) is 19.5. The third-order valence-corrected chi connectivity index (χ3v) is 4.99. The average Bonchev–Trinajstić information content (AvgIpc) is 2.70. The van der Waals surface area contributed by atoms with Gasteiger partial charge in [0.15, 0.2) is 11.5 Å². The fourth-order valence-electron chi connectivity index (χ4n) is 2.71. The van der Waals surface area contributed by atoms with Crippen LogP contribution in [0.15, 0.2) is 71.7 Å². The molecule has 0 atom stereocenters. The molecule has 4 heteroatoms. The lowest BCUT2D eigenvalue weighted by Gasteiger charge is -2.23. The van der Waals surface area contributed by atoms with E-state index in [9.17, 15) is 10.2 Å². The van der Waals surface area contributed by atoms with Gasteiger partial charge in [0, 0.05) is 11.8 Å². The molecule has 3 rings (SSSR count). The minimum Gasteiger partial charge on any atom is -0.504 e. The Kier molecular flexibility index (Phi) is 5.69. The molecule has 0 saturated heterocycles. The van der Waals surface area contributed by atoms with Crippen LogP contribution in [-0.2, 0) is 5.41 Å². The van der Waals surface area contributed by atoms with Gasteiger partial charge in [-0.3, -0.25) is 4.99 Å². The van der Waals surface area contributed by atoms with Crippen molar-refractivity contribution in [3.63, 3.8) is 0 Å². The van der Waals surface area contributed by atoms with Crippen LogP contribution < -0.4 is 4.74 Å². The van der Waals surface area contributed by atoms with Gasteiger partial charge < -0.3 is 14.9 Å². The maximum Gasteiger partial charge on any atom is 0.166 e. The summed E-state index contributed by atoms with van der Waals surface area (Å²) in [5.74, 6) is 1.17. The van der Waals surface area contributed by atoms with Gasteiger partial charge in [-0.2, -0.15) is 0 Å². The molecule has 144 valence electrons. The summed E-state index contributed by atoms with van der Waals surface area (Å²) in [6, 6.07) is 20.3. The minimum atomic E-state index is -0.180. The fourth-order valence-corrected chi connectivity index (χ4v) is 2.71. The Bertz CT molecular complexity index is 958. The van der Waals surface area contributed by atoms with Gasteiger partial charge >= 0.3 is 0 Å². The molecule has 0 radical (unpaired) electrons. The topological polar surface area (TPSA) is 62.0 Å². The highest BCUT2D eigenvalue weighted by Gasteiger charge is 2.17. The average molecular weight is 375 g/mol. The molecule has 0 heterocycles. The van der Waals surface area contributed by atoms with E-state index in [1.165, 1.54) is 17.8 Å². The van der Waals surface area contributed by atoms with Crippen molar-refractivity contribution in [3.8, 4) is 23.0 Å². The molecule has 0 unspecified atom stereocenters. The highest BCUT2D eigenvalue weighted by molar-refractivity contribution is 5.86. The summed E-state index contributed by atoms with van der Waals surface area (Å²) in [4.78, 5) is 4.32. The second-order valence-corrected chi connectivity index (χ2v) is 7.33. The molecule has 0 aliphatic carbocycles. The van der Waals surface area contributed by atoms with Crippen LogP contribution >= 0.6 is 0 Å². The van der Waals surface area contributed by atoms with E-state index in [0.29, 0.717) is 5.56 Å². The summed E-state index contributed by atoms with van der Waals surface area (Å²) < 4.78 is 5.91. The number of rotatable bonds is 6. The molecule has 0 aliphatic rings. The zero-order chi connectivity index (χ0) is 20.1. The first-order valence-electron chi connectivity index (χ1n) is 9.32. The van der Waals surface area contributed by atoms with Crippen molar-refractivity contribution in [1.82, 2.24) is 0 Å². The van der Waals surface area contributed by atoms with Crippen LogP contribution in [0.25, 0.3) is 0 Å². The third kappa shape index (κ3) is 4.52. The first-order valence-corrected chi connectivity index (χ1v) is 9.32.